The zero-order valence-corrected chi connectivity index (χ0v) is 24.3. The number of nitrogens with two attached hydrogens (primary N) is 1. The average molecular weight is 595 g/mol. The van der Waals surface area contributed by atoms with Crippen molar-refractivity contribution in [2.45, 2.75) is 19.9 Å². The second-order valence-corrected chi connectivity index (χ2v) is 10.5. The first-order valence-electron chi connectivity index (χ1n) is 13.5. The van der Waals surface area contributed by atoms with Crippen molar-refractivity contribution in [3.63, 3.8) is 0 Å². The van der Waals surface area contributed by atoms with E-state index in [1.807, 2.05) is 26.0 Å². The number of halogens is 2. The number of aromatic nitrogens is 3. The number of nitrogens with zero attached hydrogens (tertiary/aromatic N) is 5. The number of rotatable bonds is 7. The van der Waals surface area contributed by atoms with Crippen LogP contribution in [0.25, 0.3) is 16.9 Å². The summed E-state index contributed by atoms with van der Waals surface area (Å²) in [6.07, 6.45) is 4.93. The molecule has 1 unspecified atom stereocenters. The quantitative estimate of drug-likeness (QED) is 0.294. The molecule has 0 aliphatic carbocycles. The molecule has 0 saturated carbocycles. The minimum Gasteiger partial charge on any atom is -0.494 e. The van der Waals surface area contributed by atoms with E-state index >= 15 is 0 Å². The number of anilines is 2. The van der Waals surface area contributed by atoms with E-state index in [2.05, 4.69) is 20.6 Å². The van der Waals surface area contributed by atoms with Gasteiger partial charge >= 0.3 is 6.03 Å². The molecule has 2 aromatic heterocycles. The van der Waals surface area contributed by atoms with Crippen LogP contribution in [0, 0.1) is 12.7 Å². The maximum atomic E-state index is 14.6. The molecular formula is C29H32ClFN8O3. The molecule has 13 heteroatoms. The molecule has 4 aromatic rings. The Morgan fingerprint density at radius 2 is 1.88 bits per heavy atom. The van der Waals surface area contributed by atoms with Gasteiger partial charge in [-0.25, -0.2) is 19.2 Å². The molecule has 2 aromatic carbocycles. The van der Waals surface area contributed by atoms with Gasteiger partial charge in [0.05, 0.1) is 24.0 Å². The van der Waals surface area contributed by atoms with Gasteiger partial charge in [0.25, 0.3) is 5.91 Å². The van der Waals surface area contributed by atoms with E-state index < -0.39 is 5.82 Å². The van der Waals surface area contributed by atoms with Crippen LogP contribution in [0.15, 0.2) is 48.9 Å². The van der Waals surface area contributed by atoms with Crippen molar-refractivity contribution >= 4 is 40.7 Å². The second-order valence-electron chi connectivity index (χ2n) is 10.1. The van der Waals surface area contributed by atoms with Crippen molar-refractivity contribution in [3.05, 3.63) is 70.9 Å². The molecular weight excluding hydrogens is 563 g/mol. The van der Waals surface area contributed by atoms with Gasteiger partial charge in [0.15, 0.2) is 23.0 Å². The average Bonchev–Trinajstić information content (AvgIpc) is 3.43. The van der Waals surface area contributed by atoms with Gasteiger partial charge in [-0.3, -0.25) is 9.20 Å². The van der Waals surface area contributed by atoms with E-state index in [-0.39, 0.29) is 28.8 Å². The van der Waals surface area contributed by atoms with E-state index in [9.17, 15) is 14.0 Å². The number of methoxy groups -OCH3 is 1. The number of benzene rings is 2. The first-order valence-corrected chi connectivity index (χ1v) is 13.9. The zero-order chi connectivity index (χ0) is 30.0. The van der Waals surface area contributed by atoms with E-state index in [0.29, 0.717) is 61.0 Å². The zero-order valence-electron chi connectivity index (χ0n) is 23.5. The summed E-state index contributed by atoms with van der Waals surface area (Å²) in [6.45, 7) is 5.87. The highest BCUT2D eigenvalue weighted by Gasteiger charge is 2.26. The van der Waals surface area contributed by atoms with Gasteiger partial charge < -0.3 is 30.9 Å². The van der Waals surface area contributed by atoms with Crippen LogP contribution >= 0.6 is 11.6 Å². The molecule has 1 aliphatic heterocycles. The van der Waals surface area contributed by atoms with E-state index in [4.69, 9.17) is 22.1 Å². The van der Waals surface area contributed by atoms with Crippen molar-refractivity contribution in [3.8, 4) is 17.0 Å². The van der Waals surface area contributed by atoms with E-state index in [0.717, 1.165) is 11.3 Å². The fourth-order valence-electron chi connectivity index (χ4n) is 4.86. The molecule has 4 N–H and O–H groups in total. The number of aryl methyl sites for hydroxylation is 1. The monoisotopic (exact) mass is 594 g/mol. The van der Waals surface area contributed by atoms with Crippen LogP contribution in [0.4, 0.5) is 20.7 Å². The molecule has 0 radical (unpaired) electrons. The van der Waals surface area contributed by atoms with Crippen LogP contribution in [0.3, 0.4) is 0 Å². The van der Waals surface area contributed by atoms with E-state index in [1.165, 1.54) is 13.2 Å². The maximum absolute atomic E-state index is 14.6. The van der Waals surface area contributed by atoms with Gasteiger partial charge in [-0.05, 0) is 49.7 Å². The molecule has 1 atom stereocenters. The Morgan fingerprint density at radius 3 is 2.57 bits per heavy atom. The summed E-state index contributed by atoms with van der Waals surface area (Å²) in [7, 11) is 1.38. The molecule has 3 amide bonds. The highest BCUT2D eigenvalue weighted by atomic mass is 35.5. The van der Waals surface area contributed by atoms with Crippen LogP contribution in [-0.4, -0.2) is 82.0 Å². The predicted octanol–water partition coefficient (Wildman–Crippen LogP) is 4.06. The van der Waals surface area contributed by atoms with Gasteiger partial charge in [-0.15, -0.1) is 0 Å². The number of imidazole rings is 1. The molecule has 11 nitrogen and oxygen atoms in total. The minimum absolute atomic E-state index is 0.0570. The molecule has 1 aliphatic rings. The SMILES string of the molecule is COc1ccc(-c2cnc3c(Nc4ccc(C(=O)N5CCN(C(=O)NC(C)CN)CC5)c(C)c4)nccn23)c(Cl)c1F. The van der Waals surface area contributed by atoms with Crippen LogP contribution < -0.4 is 21.1 Å². The number of urea groups is 1. The molecule has 220 valence electrons. The summed E-state index contributed by atoms with van der Waals surface area (Å²) in [5, 5.41) is 6.06. The standard InChI is InChI=1S/C29H32ClFN8O3/c1-17-14-19(4-5-20(17)28(40)37-10-12-38(13-11-37)29(41)35-18(2)15-32)36-26-27-34-16-22(39(27)9-8-33-26)21-6-7-23(42-3)25(31)24(21)30/h4-9,14,16,18H,10-13,15,32H2,1-3H3,(H,33,36)(H,35,41). The molecule has 0 bridgehead atoms. The second kappa shape index (κ2) is 12.2. The number of amides is 3. The Kier molecular flexibility index (Phi) is 8.46. The summed E-state index contributed by atoms with van der Waals surface area (Å²) >= 11 is 6.31. The number of carbonyl (C=O) groups is 2. The van der Waals surface area contributed by atoms with Crippen LogP contribution in [0.2, 0.25) is 5.02 Å². The predicted molar refractivity (Wildman–Crippen MR) is 159 cm³/mol. The van der Waals surface area contributed by atoms with Gasteiger partial charge in [0, 0.05) is 68.0 Å². The van der Waals surface area contributed by atoms with Crippen molar-refractivity contribution in [1.82, 2.24) is 29.5 Å². The summed E-state index contributed by atoms with van der Waals surface area (Å²) in [5.41, 5.74) is 9.25. The highest BCUT2D eigenvalue weighted by molar-refractivity contribution is 6.33. The number of carbonyl (C=O) groups excluding carboxylic acids is 2. The smallest absolute Gasteiger partial charge is 0.317 e. The maximum Gasteiger partial charge on any atom is 0.317 e. The van der Waals surface area contributed by atoms with Crippen LogP contribution in [0.1, 0.15) is 22.8 Å². The molecule has 5 rings (SSSR count). The Hall–Kier alpha value is -4.42. The molecule has 1 saturated heterocycles. The van der Waals surface area contributed by atoms with E-state index in [1.54, 1.807) is 44.9 Å². The third-order valence-corrected chi connectivity index (χ3v) is 7.64. The van der Waals surface area contributed by atoms with Crippen LogP contribution in [-0.2, 0) is 0 Å². The lowest BCUT2D eigenvalue weighted by molar-refractivity contribution is 0.0663. The van der Waals surface area contributed by atoms with Crippen molar-refractivity contribution in [2.24, 2.45) is 5.73 Å². The van der Waals surface area contributed by atoms with Crippen molar-refractivity contribution in [2.75, 3.05) is 45.2 Å². The first kappa shape index (κ1) is 29.1. The lowest BCUT2D eigenvalue weighted by Crippen LogP contribution is -2.55. The fourth-order valence-corrected chi connectivity index (χ4v) is 5.11. The minimum atomic E-state index is -0.645. The lowest BCUT2D eigenvalue weighted by Gasteiger charge is -2.35. The molecule has 3 heterocycles. The molecule has 1 fully saturated rings. The fraction of sp³-hybridized carbons (Fsp3) is 0.310. The molecule has 0 spiro atoms. The highest BCUT2D eigenvalue weighted by Crippen LogP contribution is 2.35. The Labute approximate surface area is 247 Å². The summed E-state index contributed by atoms with van der Waals surface area (Å²) in [6, 6.07) is 8.37. The third-order valence-electron chi connectivity index (χ3n) is 7.27. The number of hydrogen-bond donors (Lipinski definition) is 3. The van der Waals surface area contributed by atoms with Gasteiger partial charge in [0.1, 0.15) is 0 Å². The topological polar surface area (TPSA) is 130 Å². The summed E-state index contributed by atoms with van der Waals surface area (Å²) < 4.78 is 21.4. The van der Waals surface area contributed by atoms with Crippen molar-refractivity contribution < 1.29 is 18.7 Å². The first-order chi connectivity index (χ1) is 20.2. The number of ether oxygens (including phenoxy) is 1. The Morgan fingerprint density at radius 1 is 1.14 bits per heavy atom. The largest absolute Gasteiger partial charge is 0.494 e. The number of fused-ring (bicyclic) bond motifs is 1. The summed E-state index contributed by atoms with van der Waals surface area (Å²) in [4.78, 5) is 38.1. The Bertz CT molecular complexity index is 1640. The normalized spacial score (nSPS) is 14.1. The lowest BCUT2D eigenvalue weighted by atomic mass is 10.1. The number of hydrogen-bond acceptors (Lipinski definition) is 7. The van der Waals surface area contributed by atoms with Gasteiger partial charge in [-0.1, -0.05) is 11.6 Å². The third kappa shape index (κ3) is 5.68. The van der Waals surface area contributed by atoms with Crippen molar-refractivity contribution in [1.29, 1.82) is 0 Å². The number of nitrogens with one attached hydrogen (secondary N) is 2. The summed E-state index contributed by atoms with van der Waals surface area (Å²) in [5.74, 6) is -0.197. The van der Waals surface area contributed by atoms with Gasteiger partial charge in [-0.2, -0.15) is 0 Å². The van der Waals surface area contributed by atoms with Gasteiger partial charge in [0.2, 0.25) is 0 Å². The Balaban J connectivity index is 1.30. The number of piperazine rings is 1. The molecule has 42 heavy (non-hydrogen) atoms. The van der Waals surface area contributed by atoms with Crippen LogP contribution in [0.5, 0.6) is 5.75 Å².